The van der Waals surface area contributed by atoms with Crippen molar-refractivity contribution >= 4 is 0 Å². The van der Waals surface area contributed by atoms with Crippen LogP contribution < -0.4 is 5.32 Å². The minimum absolute atomic E-state index is 0.176. The van der Waals surface area contributed by atoms with Crippen LogP contribution in [0.5, 0.6) is 5.75 Å². The van der Waals surface area contributed by atoms with Gasteiger partial charge in [0.15, 0.2) is 0 Å². The van der Waals surface area contributed by atoms with Gasteiger partial charge in [0.2, 0.25) is 0 Å². The van der Waals surface area contributed by atoms with Gasteiger partial charge in [0, 0.05) is 13.2 Å². The first-order valence-electron chi connectivity index (χ1n) is 6.21. The summed E-state index contributed by atoms with van der Waals surface area (Å²) < 4.78 is 5.39. The van der Waals surface area contributed by atoms with Crippen LogP contribution in [0.3, 0.4) is 0 Å². The number of phenols is 1. The van der Waals surface area contributed by atoms with Crippen LogP contribution in [0, 0.1) is 0 Å². The van der Waals surface area contributed by atoms with Crippen molar-refractivity contribution in [3.63, 3.8) is 0 Å². The van der Waals surface area contributed by atoms with Gasteiger partial charge in [0.05, 0.1) is 6.10 Å². The average molecular weight is 237 g/mol. The maximum atomic E-state index is 9.25. The van der Waals surface area contributed by atoms with Crippen LogP contribution in [-0.4, -0.2) is 30.9 Å². The SMILES string of the molecule is CCCNC(Cc1ccc(O)cc1)C(C)OC. The number of benzene rings is 1. The van der Waals surface area contributed by atoms with Crippen LogP contribution in [0.2, 0.25) is 0 Å². The van der Waals surface area contributed by atoms with Crippen molar-refractivity contribution < 1.29 is 9.84 Å². The maximum Gasteiger partial charge on any atom is 0.115 e. The molecule has 0 bridgehead atoms. The normalized spacial score (nSPS) is 14.5. The second-order valence-corrected chi connectivity index (χ2v) is 4.37. The van der Waals surface area contributed by atoms with E-state index in [0.717, 1.165) is 19.4 Å². The molecular formula is C14H23NO2. The summed E-state index contributed by atoms with van der Waals surface area (Å²) in [5.41, 5.74) is 1.21. The molecule has 0 saturated carbocycles. The maximum absolute atomic E-state index is 9.25. The number of hydrogen-bond acceptors (Lipinski definition) is 3. The predicted octanol–water partition coefficient (Wildman–Crippen LogP) is 2.34. The van der Waals surface area contributed by atoms with Gasteiger partial charge < -0.3 is 15.2 Å². The first-order chi connectivity index (χ1) is 8.17. The van der Waals surface area contributed by atoms with Crippen molar-refractivity contribution in [1.82, 2.24) is 5.32 Å². The minimum Gasteiger partial charge on any atom is -0.508 e. The van der Waals surface area contributed by atoms with E-state index in [1.165, 1.54) is 5.56 Å². The van der Waals surface area contributed by atoms with Crippen LogP contribution in [0.15, 0.2) is 24.3 Å². The van der Waals surface area contributed by atoms with Gasteiger partial charge in [-0.25, -0.2) is 0 Å². The smallest absolute Gasteiger partial charge is 0.115 e. The first kappa shape index (κ1) is 14.0. The number of methoxy groups -OCH3 is 1. The molecule has 0 spiro atoms. The van der Waals surface area contributed by atoms with E-state index in [2.05, 4.69) is 19.2 Å². The molecule has 0 aliphatic rings. The summed E-state index contributed by atoms with van der Waals surface area (Å²) >= 11 is 0. The van der Waals surface area contributed by atoms with Crippen molar-refractivity contribution in [2.45, 2.75) is 38.8 Å². The molecule has 1 aromatic carbocycles. The Labute approximate surface area is 104 Å². The number of phenolic OH excluding ortho intramolecular Hbond substituents is 1. The van der Waals surface area contributed by atoms with Gasteiger partial charge in [-0.2, -0.15) is 0 Å². The Kier molecular flexibility index (Phi) is 6.01. The Hall–Kier alpha value is -1.06. The zero-order chi connectivity index (χ0) is 12.7. The zero-order valence-corrected chi connectivity index (χ0v) is 10.9. The zero-order valence-electron chi connectivity index (χ0n) is 10.9. The van der Waals surface area contributed by atoms with E-state index in [0.29, 0.717) is 11.8 Å². The molecule has 1 rings (SSSR count). The van der Waals surface area contributed by atoms with Gasteiger partial charge in [-0.15, -0.1) is 0 Å². The molecule has 0 radical (unpaired) electrons. The van der Waals surface area contributed by atoms with Gasteiger partial charge in [-0.05, 0) is 44.0 Å². The largest absolute Gasteiger partial charge is 0.508 e. The Morgan fingerprint density at radius 1 is 1.29 bits per heavy atom. The van der Waals surface area contributed by atoms with Crippen LogP contribution in [0.4, 0.5) is 0 Å². The van der Waals surface area contributed by atoms with Gasteiger partial charge >= 0.3 is 0 Å². The van der Waals surface area contributed by atoms with Crippen LogP contribution in [0.1, 0.15) is 25.8 Å². The second kappa shape index (κ2) is 7.30. The molecule has 96 valence electrons. The lowest BCUT2D eigenvalue weighted by molar-refractivity contribution is 0.0831. The van der Waals surface area contributed by atoms with E-state index < -0.39 is 0 Å². The van der Waals surface area contributed by atoms with E-state index in [1.54, 1.807) is 19.2 Å². The molecule has 1 aromatic rings. The third kappa shape index (κ3) is 4.75. The quantitative estimate of drug-likeness (QED) is 0.765. The molecule has 17 heavy (non-hydrogen) atoms. The third-order valence-corrected chi connectivity index (χ3v) is 2.99. The summed E-state index contributed by atoms with van der Waals surface area (Å²) in [6.07, 6.45) is 2.20. The highest BCUT2D eigenvalue weighted by molar-refractivity contribution is 5.26. The highest BCUT2D eigenvalue weighted by Gasteiger charge is 2.16. The fraction of sp³-hybridized carbons (Fsp3) is 0.571. The van der Waals surface area contributed by atoms with Crippen molar-refractivity contribution in [2.75, 3.05) is 13.7 Å². The summed E-state index contributed by atoms with van der Waals surface area (Å²) in [4.78, 5) is 0. The minimum atomic E-state index is 0.176. The van der Waals surface area contributed by atoms with Crippen molar-refractivity contribution in [3.05, 3.63) is 29.8 Å². The fourth-order valence-corrected chi connectivity index (χ4v) is 1.78. The molecule has 3 heteroatoms. The summed E-state index contributed by atoms with van der Waals surface area (Å²) in [6.45, 7) is 5.23. The predicted molar refractivity (Wildman–Crippen MR) is 70.4 cm³/mol. The molecule has 0 aromatic heterocycles. The van der Waals surface area contributed by atoms with Crippen molar-refractivity contribution in [2.24, 2.45) is 0 Å². The van der Waals surface area contributed by atoms with Crippen LogP contribution >= 0.6 is 0 Å². The summed E-state index contributed by atoms with van der Waals surface area (Å²) in [6, 6.07) is 7.67. The van der Waals surface area contributed by atoms with E-state index in [9.17, 15) is 5.11 Å². The number of nitrogens with one attached hydrogen (secondary N) is 1. The molecule has 2 unspecified atom stereocenters. The Morgan fingerprint density at radius 3 is 2.47 bits per heavy atom. The lowest BCUT2D eigenvalue weighted by Crippen LogP contribution is -2.41. The van der Waals surface area contributed by atoms with Gasteiger partial charge in [-0.3, -0.25) is 0 Å². The monoisotopic (exact) mass is 237 g/mol. The number of ether oxygens (including phenoxy) is 1. The summed E-state index contributed by atoms with van der Waals surface area (Å²) in [7, 11) is 1.74. The van der Waals surface area contributed by atoms with Gasteiger partial charge in [0.1, 0.15) is 5.75 Å². The van der Waals surface area contributed by atoms with Crippen LogP contribution in [-0.2, 0) is 11.2 Å². The molecular weight excluding hydrogens is 214 g/mol. The van der Waals surface area contributed by atoms with Crippen molar-refractivity contribution in [1.29, 1.82) is 0 Å². The summed E-state index contributed by atoms with van der Waals surface area (Å²) in [5.74, 6) is 0.312. The van der Waals surface area contributed by atoms with E-state index in [1.807, 2.05) is 12.1 Å². The Morgan fingerprint density at radius 2 is 1.94 bits per heavy atom. The molecule has 2 atom stereocenters. The lowest BCUT2D eigenvalue weighted by Gasteiger charge is -2.24. The van der Waals surface area contributed by atoms with E-state index in [4.69, 9.17) is 4.74 Å². The molecule has 0 amide bonds. The molecule has 0 saturated heterocycles. The highest BCUT2D eigenvalue weighted by Crippen LogP contribution is 2.13. The van der Waals surface area contributed by atoms with Gasteiger partial charge in [0.25, 0.3) is 0 Å². The molecule has 3 nitrogen and oxygen atoms in total. The third-order valence-electron chi connectivity index (χ3n) is 2.99. The lowest BCUT2D eigenvalue weighted by atomic mass is 10.0. The van der Waals surface area contributed by atoms with Crippen LogP contribution in [0.25, 0.3) is 0 Å². The highest BCUT2D eigenvalue weighted by atomic mass is 16.5. The number of hydrogen-bond donors (Lipinski definition) is 2. The van der Waals surface area contributed by atoms with E-state index in [-0.39, 0.29) is 6.10 Å². The standard InChI is InChI=1S/C14H23NO2/c1-4-9-15-14(11(2)17-3)10-12-5-7-13(16)8-6-12/h5-8,11,14-16H,4,9-10H2,1-3H3. The Bertz CT molecular complexity index is 311. The fourth-order valence-electron chi connectivity index (χ4n) is 1.78. The van der Waals surface area contributed by atoms with Crippen molar-refractivity contribution in [3.8, 4) is 5.75 Å². The molecule has 0 heterocycles. The Balaban J connectivity index is 2.61. The molecule has 0 aliphatic carbocycles. The second-order valence-electron chi connectivity index (χ2n) is 4.37. The molecule has 0 aliphatic heterocycles. The first-order valence-corrected chi connectivity index (χ1v) is 6.21. The average Bonchev–Trinajstić information content (AvgIpc) is 2.36. The number of aromatic hydroxyl groups is 1. The van der Waals surface area contributed by atoms with E-state index >= 15 is 0 Å². The number of rotatable bonds is 7. The van der Waals surface area contributed by atoms with Gasteiger partial charge in [-0.1, -0.05) is 19.1 Å². The topological polar surface area (TPSA) is 41.5 Å². The molecule has 0 fully saturated rings. The molecule has 2 N–H and O–H groups in total. The summed E-state index contributed by atoms with van der Waals surface area (Å²) in [5, 5.41) is 12.7.